The number of hydrogen-bond donors (Lipinski definition) is 1. The highest BCUT2D eigenvalue weighted by Gasteiger charge is 2.29. The third-order valence-corrected chi connectivity index (χ3v) is 4.02. The highest BCUT2D eigenvalue weighted by atomic mass is 35.5. The maximum Gasteiger partial charge on any atom is 0.263 e. The van der Waals surface area contributed by atoms with Gasteiger partial charge in [-0.25, -0.2) is 0 Å². The molecule has 1 amide bonds. The number of carbonyl (C=O) groups excluding carboxylic acids is 1. The predicted octanol–water partition coefficient (Wildman–Crippen LogP) is 3.25. The van der Waals surface area contributed by atoms with Gasteiger partial charge in [-0.15, -0.1) is 12.4 Å². The van der Waals surface area contributed by atoms with Crippen molar-refractivity contribution in [3.63, 3.8) is 0 Å². The fraction of sp³-hybridized carbons (Fsp3) is 0.533. The molecule has 1 aromatic carbocycles. The van der Waals surface area contributed by atoms with Crippen molar-refractivity contribution in [1.82, 2.24) is 10.2 Å². The van der Waals surface area contributed by atoms with Crippen molar-refractivity contribution in [2.45, 2.75) is 19.4 Å². The van der Waals surface area contributed by atoms with Crippen LogP contribution in [0.2, 0.25) is 10.0 Å². The maximum atomic E-state index is 12.4. The topological polar surface area (TPSA) is 41.6 Å². The van der Waals surface area contributed by atoms with Gasteiger partial charge < -0.3 is 15.0 Å². The summed E-state index contributed by atoms with van der Waals surface area (Å²) in [5.74, 6) is 1.04. The largest absolute Gasteiger partial charge is 0.481 e. The second-order valence-corrected chi connectivity index (χ2v) is 6.23. The van der Waals surface area contributed by atoms with Crippen molar-refractivity contribution in [2.75, 3.05) is 26.7 Å². The van der Waals surface area contributed by atoms with Crippen LogP contribution in [0.3, 0.4) is 0 Å². The predicted molar refractivity (Wildman–Crippen MR) is 92.4 cm³/mol. The molecule has 1 heterocycles. The first-order valence-corrected chi connectivity index (χ1v) is 7.81. The fourth-order valence-electron chi connectivity index (χ4n) is 2.60. The molecule has 0 aliphatic carbocycles. The molecular formula is C15H21Cl3N2O2. The van der Waals surface area contributed by atoms with Gasteiger partial charge in [0.2, 0.25) is 0 Å². The number of amides is 1. The quantitative estimate of drug-likeness (QED) is 0.868. The molecule has 0 radical (unpaired) electrons. The lowest BCUT2D eigenvalue weighted by atomic mass is 10.1. The molecular weight excluding hydrogens is 347 g/mol. The van der Waals surface area contributed by atoms with Gasteiger partial charge in [-0.3, -0.25) is 4.79 Å². The van der Waals surface area contributed by atoms with Gasteiger partial charge in [0.05, 0.1) is 0 Å². The summed E-state index contributed by atoms with van der Waals surface area (Å²) in [4.78, 5) is 14.2. The molecule has 1 aromatic rings. The smallest absolute Gasteiger partial charge is 0.263 e. The van der Waals surface area contributed by atoms with E-state index in [2.05, 4.69) is 5.32 Å². The van der Waals surface area contributed by atoms with Gasteiger partial charge in [0, 0.05) is 23.1 Å². The van der Waals surface area contributed by atoms with E-state index in [-0.39, 0.29) is 18.3 Å². The Morgan fingerprint density at radius 3 is 2.64 bits per heavy atom. The zero-order valence-corrected chi connectivity index (χ0v) is 15.0. The third kappa shape index (κ3) is 5.20. The Hall–Kier alpha value is -0.680. The van der Waals surface area contributed by atoms with E-state index in [9.17, 15) is 4.79 Å². The van der Waals surface area contributed by atoms with Gasteiger partial charge in [0.1, 0.15) is 5.75 Å². The van der Waals surface area contributed by atoms with Crippen LogP contribution in [0.25, 0.3) is 0 Å². The molecule has 1 fully saturated rings. The Morgan fingerprint density at radius 2 is 2.05 bits per heavy atom. The Kier molecular flexibility index (Phi) is 7.77. The summed E-state index contributed by atoms with van der Waals surface area (Å²) in [6, 6.07) is 4.95. The zero-order valence-electron chi connectivity index (χ0n) is 12.6. The number of nitrogens with one attached hydrogen (secondary N) is 1. The summed E-state index contributed by atoms with van der Waals surface area (Å²) in [7, 11) is 1.93. The van der Waals surface area contributed by atoms with E-state index in [1.807, 2.05) is 11.9 Å². The van der Waals surface area contributed by atoms with E-state index in [1.165, 1.54) is 0 Å². The molecule has 22 heavy (non-hydrogen) atoms. The van der Waals surface area contributed by atoms with Crippen LogP contribution in [0.15, 0.2) is 18.2 Å². The van der Waals surface area contributed by atoms with E-state index in [0.29, 0.717) is 21.7 Å². The summed E-state index contributed by atoms with van der Waals surface area (Å²) in [6.45, 7) is 4.25. The van der Waals surface area contributed by atoms with Crippen LogP contribution in [0.1, 0.15) is 13.3 Å². The van der Waals surface area contributed by atoms with Crippen LogP contribution in [-0.2, 0) is 4.79 Å². The molecule has 0 aromatic heterocycles. The molecule has 0 saturated carbocycles. The summed E-state index contributed by atoms with van der Waals surface area (Å²) in [5.41, 5.74) is 0. The first-order valence-electron chi connectivity index (χ1n) is 7.05. The van der Waals surface area contributed by atoms with Gasteiger partial charge in [-0.2, -0.15) is 0 Å². The molecule has 0 bridgehead atoms. The van der Waals surface area contributed by atoms with Crippen molar-refractivity contribution in [1.29, 1.82) is 0 Å². The molecule has 2 rings (SSSR count). The summed E-state index contributed by atoms with van der Waals surface area (Å²) in [5, 5.41) is 4.14. The molecule has 1 saturated heterocycles. The molecule has 1 aliphatic rings. The van der Waals surface area contributed by atoms with E-state index in [4.69, 9.17) is 27.9 Å². The molecule has 2 atom stereocenters. The third-order valence-electron chi connectivity index (χ3n) is 3.59. The second-order valence-electron chi connectivity index (χ2n) is 5.36. The van der Waals surface area contributed by atoms with E-state index < -0.39 is 6.10 Å². The molecule has 124 valence electrons. The number of likely N-dealkylation sites (tertiary alicyclic amines) is 1. The standard InChI is InChI=1S/C15H20Cl2N2O2.ClH/c1-10(21-14-6-12(16)5-13(17)7-14)15(20)19-4-3-11(9-19)8-18-2;/h5-7,10-11,18H,3-4,8-9H2,1-2H3;1H. The van der Waals surface area contributed by atoms with Crippen molar-refractivity contribution in [3.05, 3.63) is 28.2 Å². The molecule has 1 aliphatic heterocycles. The van der Waals surface area contributed by atoms with Crippen LogP contribution in [0.4, 0.5) is 0 Å². The van der Waals surface area contributed by atoms with E-state index >= 15 is 0 Å². The SMILES string of the molecule is CNCC1CCN(C(=O)C(C)Oc2cc(Cl)cc(Cl)c2)C1.Cl. The molecule has 0 spiro atoms. The number of hydrogen-bond acceptors (Lipinski definition) is 3. The molecule has 1 N–H and O–H groups in total. The lowest BCUT2D eigenvalue weighted by Crippen LogP contribution is -2.39. The van der Waals surface area contributed by atoms with Crippen LogP contribution in [-0.4, -0.2) is 43.6 Å². The lowest BCUT2D eigenvalue weighted by molar-refractivity contribution is -0.137. The maximum absolute atomic E-state index is 12.4. The number of carbonyl (C=O) groups is 1. The van der Waals surface area contributed by atoms with Crippen LogP contribution in [0.5, 0.6) is 5.75 Å². The van der Waals surface area contributed by atoms with Crippen molar-refractivity contribution in [3.8, 4) is 5.75 Å². The van der Waals surface area contributed by atoms with Crippen molar-refractivity contribution < 1.29 is 9.53 Å². The Morgan fingerprint density at radius 1 is 1.41 bits per heavy atom. The lowest BCUT2D eigenvalue weighted by Gasteiger charge is -2.22. The normalized spacial score (nSPS) is 18.7. The average Bonchev–Trinajstić information content (AvgIpc) is 2.85. The minimum atomic E-state index is -0.548. The van der Waals surface area contributed by atoms with E-state index in [0.717, 1.165) is 26.1 Å². The number of halogens is 3. The highest BCUT2D eigenvalue weighted by molar-refractivity contribution is 6.34. The van der Waals surface area contributed by atoms with Crippen LogP contribution < -0.4 is 10.1 Å². The first kappa shape index (κ1) is 19.4. The monoisotopic (exact) mass is 366 g/mol. The minimum absolute atomic E-state index is 0. The Bertz CT molecular complexity index is 493. The number of ether oxygens (including phenoxy) is 1. The molecule has 7 heteroatoms. The van der Waals surface area contributed by atoms with Crippen LogP contribution >= 0.6 is 35.6 Å². The van der Waals surface area contributed by atoms with Crippen LogP contribution in [0, 0.1) is 5.92 Å². The van der Waals surface area contributed by atoms with Crippen molar-refractivity contribution in [2.24, 2.45) is 5.92 Å². The Balaban J connectivity index is 0.00000242. The minimum Gasteiger partial charge on any atom is -0.481 e. The number of rotatable bonds is 5. The number of nitrogens with zero attached hydrogens (tertiary/aromatic N) is 1. The van der Waals surface area contributed by atoms with E-state index in [1.54, 1.807) is 25.1 Å². The van der Waals surface area contributed by atoms with Gasteiger partial charge >= 0.3 is 0 Å². The fourth-order valence-corrected chi connectivity index (χ4v) is 3.10. The average molecular weight is 368 g/mol. The summed E-state index contributed by atoms with van der Waals surface area (Å²) >= 11 is 11.9. The van der Waals surface area contributed by atoms with Crippen molar-refractivity contribution >= 4 is 41.5 Å². The number of benzene rings is 1. The Labute approximate surface area is 147 Å². The zero-order chi connectivity index (χ0) is 15.4. The second kappa shape index (κ2) is 8.82. The molecule has 2 unspecified atom stereocenters. The summed E-state index contributed by atoms with van der Waals surface area (Å²) in [6.07, 6.45) is 0.482. The van der Waals surface area contributed by atoms with Gasteiger partial charge in [-0.05, 0) is 51.1 Å². The van der Waals surface area contributed by atoms with Gasteiger partial charge in [0.25, 0.3) is 5.91 Å². The van der Waals surface area contributed by atoms with Gasteiger partial charge in [-0.1, -0.05) is 23.2 Å². The highest BCUT2D eigenvalue weighted by Crippen LogP contribution is 2.25. The first-order chi connectivity index (χ1) is 9.99. The molecule has 4 nitrogen and oxygen atoms in total. The summed E-state index contributed by atoms with van der Waals surface area (Å²) < 4.78 is 5.67. The van der Waals surface area contributed by atoms with Gasteiger partial charge in [0.15, 0.2) is 6.10 Å².